The van der Waals surface area contributed by atoms with Gasteiger partial charge >= 0.3 is 0 Å². The van der Waals surface area contributed by atoms with Crippen molar-refractivity contribution in [2.24, 2.45) is 0 Å². The predicted molar refractivity (Wildman–Crippen MR) is 108 cm³/mol. The highest BCUT2D eigenvalue weighted by Crippen LogP contribution is 2.35. The standard InChI is InChI=1S/C21H18F2N4O2S/c1-12-4-2-5-13(10-12)21(29)27-9-3-6-17(27)19-25-26-20(30-19)18(28)24-16-8-7-14(22)11-15(16)23/h2,4-5,7-8,10-11,17H,3,6,9H2,1H3,(H,24,28). The fourth-order valence-electron chi connectivity index (χ4n) is 3.44. The third-order valence-corrected chi connectivity index (χ3v) is 5.90. The lowest BCUT2D eigenvalue weighted by atomic mass is 10.1. The Hall–Kier alpha value is -3.20. The first kappa shape index (κ1) is 20.1. The fraction of sp³-hybridized carbons (Fsp3) is 0.238. The summed E-state index contributed by atoms with van der Waals surface area (Å²) in [4.78, 5) is 27.1. The molecule has 2 heterocycles. The van der Waals surface area contributed by atoms with Gasteiger partial charge < -0.3 is 10.2 Å². The molecule has 1 atom stereocenters. The number of carbonyl (C=O) groups is 2. The van der Waals surface area contributed by atoms with Gasteiger partial charge in [0.1, 0.15) is 16.6 Å². The molecule has 1 fully saturated rings. The van der Waals surface area contributed by atoms with Gasteiger partial charge in [0.2, 0.25) is 5.01 Å². The minimum atomic E-state index is -0.876. The zero-order valence-electron chi connectivity index (χ0n) is 16.1. The van der Waals surface area contributed by atoms with Crippen molar-refractivity contribution in [3.8, 4) is 0 Å². The molecule has 0 saturated carbocycles. The summed E-state index contributed by atoms with van der Waals surface area (Å²) in [6, 6.07) is 10.0. The SMILES string of the molecule is Cc1cccc(C(=O)N2CCCC2c2nnc(C(=O)Nc3ccc(F)cc3F)s2)c1. The monoisotopic (exact) mass is 428 g/mol. The van der Waals surface area contributed by atoms with Gasteiger partial charge in [-0.3, -0.25) is 9.59 Å². The number of anilines is 1. The molecule has 0 bridgehead atoms. The van der Waals surface area contributed by atoms with Crippen LogP contribution >= 0.6 is 11.3 Å². The van der Waals surface area contributed by atoms with E-state index in [0.717, 1.165) is 41.9 Å². The number of hydrogen-bond donors (Lipinski definition) is 1. The molecule has 1 N–H and O–H groups in total. The van der Waals surface area contributed by atoms with Crippen LogP contribution in [0.5, 0.6) is 0 Å². The summed E-state index contributed by atoms with van der Waals surface area (Å²) in [6.07, 6.45) is 1.55. The lowest BCUT2D eigenvalue weighted by Gasteiger charge is -2.23. The molecule has 1 unspecified atom stereocenters. The molecule has 6 nitrogen and oxygen atoms in total. The van der Waals surface area contributed by atoms with Crippen LogP contribution < -0.4 is 5.32 Å². The van der Waals surface area contributed by atoms with Gasteiger partial charge in [-0.05, 0) is 44.0 Å². The van der Waals surface area contributed by atoms with Crippen LogP contribution in [0.25, 0.3) is 0 Å². The first-order valence-electron chi connectivity index (χ1n) is 9.40. The number of likely N-dealkylation sites (tertiary alicyclic amines) is 1. The Kier molecular flexibility index (Phi) is 5.54. The zero-order chi connectivity index (χ0) is 21.3. The molecule has 0 spiro atoms. The van der Waals surface area contributed by atoms with Gasteiger partial charge in [0.05, 0.1) is 11.7 Å². The second-order valence-electron chi connectivity index (χ2n) is 7.05. The first-order valence-corrected chi connectivity index (χ1v) is 10.2. The summed E-state index contributed by atoms with van der Waals surface area (Å²) in [6.45, 7) is 2.52. The summed E-state index contributed by atoms with van der Waals surface area (Å²) >= 11 is 1.06. The van der Waals surface area contributed by atoms with Crippen LogP contribution in [-0.4, -0.2) is 33.5 Å². The summed E-state index contributed by atoms with van der Waals surface area (Å²) in [5.74, 6) is -2.34. The lowest BCUT2D eigenvalue weighted by molar-refractivity contribution is 0.0734. The number of hydrogen-bond acceptors (Lipinski definition) is 5. The summed E-state index contributed by atoms with van der Waals surface area (Å²) < 4.78 is 26.8. The number of nitrogens with zero attached hydrogens (tertiary/aromatic N) is 3. The third kappa shape index (κ3) is 4.06. The molecule has 0 aliphatic carbocycles. The Labute approximate surface area is 175 Å². The van der Waals surface area contributed by atoms with Crippen LogP contribution in [0.1, 0.15) is 49.6 Å². The molecular formula is C21H18F2N4O2S. The van der Waals surface area contributed by atoms with Gasteiger partial charge in [-0.2, -0.15) is 0 Å². The lowest BCUT2D eigenvalue weighted by Crippen LogP contribution is -2.30. The van der Waals surface area contributed by atoms with E-state index >= 15 is 0 Å². The fourth-order valence-corrected chi connectivity index (χ4v) is 4.32. The first-order chi connectivity index (χ1) is 14.4. The van der Waals surface area contributed by atoms with Gasteiger partial charge in [0, 0.05) is 18.2 Å². The molecular weight excluding hydrogens is 410 g/mol. The van der Waals surface area contributed by atoms with Crippen molar-refractivity contribution >= 4 is 28.8 Å². The van der Waals surface area contributed by atoms with E-state index in [1.807, 2.05) is 25.1 Å². The molecule has 0 radical (unpaired) electrons. The van der Waals surface area contributed by atoms with Crippen molar-refractivity contribution in [3.63, 3.8) is 0 Å². The maximum absolute atomic E-state index is 13.8. The van der Waals surface area contributed by atoms with Crippen molar-refractivity contribution in [2.75, 3.05) is 11.9 Å². The average molecular weight is 428 g/mol. The smallest absolute Gasteiger partial charge is 0.286 e. The van der Waals surface area contributed by atoms with Gasteiger partial charge in [-0.1, -0.05) is 29.0 Å². The molecule has 1 aliphatic rings. The number of aryl methyl sites for hydroxylation is 1. The number of carbonyl (C=O) groups excluding carboxylic acids is 2. The number of benzene rings is 2. The van der Waals surface area contributed by atoms with Gasteiger partial charge in [-0.25, -0.2) is 8.78 Å². The normalized spacial score (nSPS) is 16.0. The highest BCUT2D eigenvalue weighted by atomic mass is 32.1. The van der Waals surface area contributed by atoms with Crippen LogP contribution in [0.3, 0.4) is 0 Å². The number of nitrogens with one attached hydrogen (secondary N) is 1. The van der Waals surface area contributed by atoms with E-state index in [1.54, 1.807) is 11.0 Å². The van der Waals surface area contributed by atoms with E-state index in [-0.39, 0.29) is 22.6 Å². The highest BCUT2D eigenvalue weighted by Gasteiger charge is 2.33. The summed E-state index contributed by atoms with van der Waals surface area (Å²) in [5, 5.41) is 11.0. The molecule has 1 aliphatic heterocycles. The van der Waals surface area contributed by atoms with Crippen molar-refractivity contribution in [1.82, 2.24) is 15.1 Å². The third-order valence-electron chi connectivity index (χ3n) is 4.88. The molecule has 2 aromatic carbocycles. The second kappa shape index (κ2) is 8.27. The molecule has 30 heavy (non-hydrogen) atoms. The topological polar surface area (TPSA) is 75.2 Å². The van der Waals surface area contributed by atoms with E-state index in [0.29, 0.717) is 23.2 Å². The van der Waals surface area contributed by atoms with Gasteiger partial charge in [0.15, 0.2) is 0 Å². The molecule has 154 valence electrons. The largest absolute Gasteiger partial charge is 0.329 e. The molecule has 1 aromatic heterocycles. The second-order valence-corrected chi connectivity index (χ2v) is 8.06. The quantitative estimate of drug-likeness (QED) is 0.670. The van der Waals surface area contributed by atoms with Gasteiger partial charge in [-0.15, -0.1) is 10.2 Å². The molecule has 4 rings (SSSR count). The van der Waals surface area contributed by atoms with Crippen LogP contribution in [-0.2, 0) is 0 Å². The van der Waals surface area contributed by atoms with Crippen LogP contribution in [0.15, 0.2) is 42.5 Å². The van der Waals surface area contributed by atoms with E-state index < -0.39 is 17.5 Å². The Bertz CT molecular complexity index is 1120. The van der Waals surface area contributed by atoms with Crippen molar-refractivity contribution in [2.45, 2.75) is 25.8 Å². The Morgan fingerprint density at radius 1 is 1.17 bits per heavy atom. The van der Waals surface area contributed by atoms with Crippen molar-refractivity contribution in [1.29, 1.82) is 0 Å². The Balaban J connectivity index is 1.51. The maximum atomic E-state index is 13.8. The minimum absolute atomic E-state index is 0.0450. The number of rotatable bonds is 4. The highest BCUT2D eigenvalue weighted by molar-refractivity contribution is 7.13. The number of aromatic nitrogens is 2. The molecule has 1 saturated heterocycles. The van der Waals surface area contributed by atoms with E-state index in [9.17, 15) is 18.4 Å². The van der Waals surface area contributed by atoms with E-state index in [1.165, 1.54) is 0 Å². The van der Waals surface area contributed by atoms with E-state index in [4.69, 9.17) is 0 Å². The van der Waals surface area contributed by atoms with Crippen LogP contribution in [0.2, 0.25) is 0 Å². The zero-order valence-corrected chi connectivity index (χ0v) is 16.9. The van der Waals surface area contributed by atoms with E-state index in [2.05, 4.69) is 15.5 Å². The number of amides is 2. The van der Waals surface area contributed by atoms with Gasteiger partial charge in [0.25, 0.3) is 11.8 Å². The predicted octanol–water partition coefficient (Wildman–Crippen LogP) is 4.35. The minimum Gasteiger partial charge on any atom is -0.329 e. The number of halogens is 2. The summed E-state index contributed by atoms with van der Waals surface area (Å²) in [5.41, 5.74) is 1.46. The van der Waals surface area contributed by atoms with Crippen LogP contribution in [0.4, 0.5) is 14.5 Å². The summed E-state index contributed by atoms with van der Waals surface area (Å²) in [7, 11) is 0. The molecule has 9 heteroatoms. The molecule has 2 amide bonds. The molecule has 3 aromatic rings. The Morgan fingerprint density at radius 2 is 2.00 bits per heavy atom. The average Bonchev–Trinajstić information content (AvgIpc) is 3.38. The Morgan fingerprint density at radius 3 is 2.77 bits per heavy atom. The van der Waals surface area contributed by atoms with Crippen molar-refractivity contribution in [3.05, 3.63) is 75.2 Å². The van der Waals surface area contributed by atoms with Crippen LogP contribution in [0, 0.1) is 18.6 Å². The maximum Gasteiger partial charge on any atom is 0.286 e. The van der Waals surface area contributed by atoms with Crippen molar-refractivity contribution < 1.29 is 18.4 Å².